The molecule has 0 radical (unpaired) electrons. The van der Waals surface area contributed by atoms with Gasteiger partial charge in [0, 0.05) is 5.02 Å². The lowest BCUT2D eigenvalue weighted by Gasteiger charge is -2.15. The van der Waals surface area contributed by atoms with E-state index < -0.39 is 12.1 Å². The number of nitrogens with zero attached hydrogens (tertiary/aromatic N) is 1. The summed E-state index contributed by atoms with van der Waals surface area (Å²) in [5, 5.41) is 12.8. The molecule has 0 saturated carbocycles. The van der Waals surface area contributed by atoms with Crippen LogP contribution in [0.5, 0.6) is 11.5 Å². The van der Waals surface area contributed by atoms with Gasteiger partial charge in [0.05, 0.1) is 17.2 Å². The number of ether oxygens (including phenoxy) is 2. The Labute approximate surface area is 182 Å². The first kappa shape index (κ1) is 21.7. The highest BCUT2D eigenvalue weighted by atomic mass is 35.5. The highest BCUT2D eigenvalue weighted by Crippen LogP contribution is 2.33. The fourth-order valence-corrected chi connectivity index (χ4v) is 3.45. The van der Waals surface area contributed by atoms with E-state index in [1.807, 2.05) is 6.92 Å². The summed E-state index contributed by atoms with van der Waals surface area (Å²) in [4.78, 5) is 28.2. The molecule has 3 rings (SSSR count). The number of hydrogen-bond donors (Lipinski definition) is 2. The zero-order valence-corrected chi connectivity index (χ0v) is 17.8. The molecule has 9 heteroatoms. The largest absolute Gasteiger partial charge is 0.490 e. The van der Waals surface area contributed by atoms with Crippen molar-refractivity contribution in [1.29, 1.82) is 0 Å². The van der Waals surface area contributed by atoms with Crippen LogP contribution in [0.4, 0.5) is 5.69 Å². The molecule has 1 aliphatic heterocycles. The predicted molar refractivity (Wildman–Crippen MR) is 118 cm³/mol. The summed E-state index contributed by atoms with van der Waals surface area (Å²) < 4.78 is 11.0. The first-order valence-electron chi connectivity index (χ1n) is 9.07. The van der Waals surface area contributed by atoms with Gasteiger partial charge >= 0.3 is 5.97 Å². The maximum Gasteiger partial charge on any atom is 0.344 e. The van der Waals surface area contributed by atoms with E-state index >= 15 is 0 Å². The van der Waals surface area contributed by atoms with Crippen molar-refractivity contribution in [3.63, 3.8) is 0 Å². The second kappa shape index (κ2) is 9.69. The predicted octanol–water partition coefficient (Wildman–Crippen LogP) is 4.48. The Bertz CT molecular complexity index is 1020. The zero-order chi connectivity index (χ0) is 21.7. The van der Waals surface area contributed by atoms with Crippen LogP contribution in [0.15, 0.2) is 52.4 Å². The van der Waals surface area contributed by atoms with Gasteiger partial charge in [-0.25, -0.2) is 9.79 Å². The first-order valence-corrected chi connectivity index (χ1v) is 10.3. The van der Waals surface area contributed by atoms with E-state index in [0.717, 1.165) is 0 Å². The van der Waals surface area contributed by atoms with E-state index in [-0.39, 0.29) is 5.91 Å². The van der Waals surface area contributed by atoms with Crippen LogP contribution in [0.2, 0.25) is 5.02 Å². The van der Waals surface area contributed by atoms with Gasteiger partial charge in [0.25, 0.3) is 5.91 Å². The third-order valence-corrected chi connectivity index (χ3v) is 5.09. The number of nitrogens with one attached hydrogen (secondary N) is 1. The molecular formula is C21H19ClN2O5S. The Morgan fingerprint density at radius 2 is 2.00 bits per heavy atom. The van der Waals surface area contributed by atoms with Crippen molar-refractivity contribution < 1.29 is 24.2 Å². The number of hydrogen-bond acceptors (Lipinski definition) is 6. The SMILES string of the molecule is CCOc1cc(C=C2SC(=Nc3ccc(Cl)cc3)NC2=O)ccc1OC(C)C(=O)O. The summed E-state index contributed by atoms with van der Waals surface area (Å²) in [6.45, 7) is 3.63. The Balaban J connectivity index is 1.81. The van der Waals surface area contributed by atoms with Crippen molar-refractivity contribution >= 4 is 52.2 Å². The number of carboxylic acids is 1. The van der Waals surface area contributed by atoms with Crippen LogP contribution in [0.25, 0.3) is 6.08 Å². The van der Waals surface area contributed by atoms with Crippen molar-refractivity contribution in [2.24, 2.45) is 4.99 Å². The van der Waals surface area contributed by atoms with E-state index in [9.17, 15) is 9.59 Å². The van der Waals surface area contributed by atoms with Crippen LogP contribution in [-0.2, 0) is 9.59 Å². The molecule has 7 nitrogen and oxygen atoms in total. The average molecular weight is 447 g/mol. The minimum absolute atomic E-state index is 0.259. The van der Waals surface area contributed by atoms with Crippen molar-refractivity contribution in [3.8, 4) is 11.5 Å². The number of carbonyl (C=O) groups is 2. The number of amides is 1. The molecule has 1 aliphatic rings. The maximum atomic E-state index is 12.3. The van der Waals surface area contributed by atoms with Gasteiger partial charge in [-0.05, 0) is 73.6 Å². The number of rotatable bonds is 7. The highest BCUT2D eigenvalue weighted by molar-refractivity contribution is 8.18. The van der Waals surface area contributed by atoms with Gasteiger partial charge in [-0.15, -0.1) is 0 Å². The second-order valence-electron chi connectivity index (χ2n) is 6.20. The average Bonchev–Trinajstić information content (AvgIpc) is 3.04. The summed E-state index contributed by atoms with van der Waals surface area (Å²) in [5.41, 5.74) is 1.38. The molecule has 2 aromatic rings. The smallest absolute Gasteiger partial charge is 0.344 e. The van der Waals surface area contributed by atoms with Gasteiger partial charge in [0.1, 0.15) is 0 Å². The van der Waals surface area contributed by atoms with Crippen molar-refractivity contribution in [1.82, 2.24) is 5.32 Å². The van der Waals surface area contributed by atoms with E-state index in [2.05, 4.69) is 10.3 Å². The standard InChI is InChI=1S/C21H19ClN2O5S/c1-3-28-17-10-13(4-9-16(17)29-12(2)20(26)27)11-18-19(25)24-21(30-18)23-15-7-5-14(22)6-8-15/h4-12H,3H2,1-2H3,(H,26,27)(H,23,24,25). The molecule has 2 N–H and O–H groups in total. The molecule has 1 heterocycles. The Hall–Kier alpha value is -2.97. The second-order valence-corrected chi connectivity index (χ2v) is 7.66. The lowest BCUT2D eigenvalue weighted by molar-refractivity contribution is -0.144. The molecule has 0 bridgehead atoms. The lowest BCUT2D eigenvalue weighted by Crippen LogP contribution is -2.23. The molecule has 1 unspecified atom stereocenters. The number of carbonyl (C=O) groups excluding carboxylic acids is 1. The van der Waals surface area contributed by atoms with Crippen LogP contribution >= 0.6 is 23.4 Å². The van der Waals surface area contributed by atoms with Gasteiger partial charge in [-0.1, -0.05) is 17.7 Å². The number of aliphatic imine (C=N–C) groups is 1. The van der Waals surface area contributed by atoms with Crippen LogP contribution in [0.3, 0.4) is 0 Å². The number of amidine groups is 1. The van der Waals surface area contributed by atoms with E-state index in [4.69, 9.17) is 26.2 Å². The number of aliphatic carboxylic acids is 1. The molecule has 30 heavy (non-hydrogen) atoms. The number of halogens is 1. The van der Waals surface area contributed by atoms with E-state index in [0.29, 0.717) is 44.5 Å². The Kier molecular flexibility index (Phi) is 7.02. The number of benzene rings is 2. The molecule has 1 saturated heterocycles. The van der Waals surface area contributed by atoms with Crippen molar-refractivity contribution in [2.75, 3.05) is 6.61 Å². The third-order valence-electron chi connectivity index (χ3n) is 3.93. The maximum absolute atomic E-state index is 12.3. The summed E-state index contributed by atoms with van der Waals surface area (Å²) in [6.07, 6.45) is 0.688. The lowest BCUT2D eigenvalue weighted by atomic mass is 10.2. The molecule has 1 fully saturated rings. The molecular weight excluding hydrogens is 428 g/mol. The fraction of sp³-hybridized carbons (Fsp3) is 0.190. The van der Waals surface area contributed by atoms with Crippen LogP contribution in [0, 0.1) is 0 Å². The Morgan fingerprint density at radius 1 is 1.27 bits per heavy atom. The monoisotopic (exact) mass is 446 g/mol. The van der Waals surface area contributed by atoms with Crippen molar-refractivity contribution in [3.05, 3.63) is 58.0 Å². The van der Waals surface area contributed by atoms with E-state index in [1.165, 1.54) is 18.7 Å². The number of carboxylic acid groups (broad SMARTS) is 1. The molecule has 1 atom stereocenters. The molecule has 156 valence electrons. The molecule has 0 aromatic heterocycles. The summed E-state index contributed by atoms with van der Waals surface area (Å²) in [6, 6.07) is 12.0. The summed E-state index contributed by atoms with van der Waals surface area (Å²) in [5.74, 6) is -0.610. The van der Waals surface area contributed by atoms with Crippen LogP contribution in [0.1, 0.15) is 19.4 Å². The minimum atomic E-state index is -1.07. The molecule has 2 aromatic carbocycles. The topological polar surface area (TPSA) is 97.2 Å². The van der Waals surface area contributed by atoms with Crippen LogP contribution < -0.4 is 14.8 Å². The quantitative estimate of drug-likeness (QED) is 0.608. The van der Waals surface area contributed by atoms with Crippen molar-refractivity contribution in [2.45, 2.75) is 20.0 Å². The van der Waals surface area contributed by atoms with E-state index in [1.54, 1.807) is 48.5 Å². The summed E-state index contributed by atoms with van der Waals surface area (Å²) >= 11 is 7.09. The normalized spacial score (nSPS) is 17.1. The molecule has 0 spiro atoms. The molecule has 1 amide bonds. The Morgan fingerprint density at radius 3 is 2.67 bits per heavy atom. The van der Waals surface area contributed by atoms with Gasteiger partial charge in [0.15, 0.2) is 22.8 Å². The third kappa shape index (κ3) is 5.55. The van der Waals surface area contributed by atoms with Gasteiger partial charge in [0.2, 0.25) is 0 Å². The first-order chi connectivity index (χ1) is 14.4. The zero-order valence-electron chi connectivity index (χ0n) is 16.2. The summed E-state index contributed by atoms with van der Waals surface area (Å²) in [7, 11) is 0. The van der Waals surface area contributed by atoms with Gasteiger partial charge in [-0.2, -0.15) is 0 Å². The highest BCUT2D eigenvalue weighted by Gasteiger charge is 2.24. The van der Waals surface area contributed by atoms with Crippen LogP contribution in [-0.4, -0.2) is 34.9 Å². The molecule has 0 aliphatic carbocycles. The van der Waals surface area contributed by atoms with Gasteiger partial charge in [-0.3, -0.25) is 4.79 Å². The van der Waals surface area contributed by atoms with Gasteiger partial charge < -0.3 is 19.9 Å². The fourth-order valence-electron chi connectivity index (χ4n) is 2.49. The minimum Gasteiger partial charge on any atom is -0.490 e. The number of thioether (sulfide) groups is 1.